The molecular weight excluding hydrogens is 244 g/mol. The first-order valence-electron chi connectivity index (χ1n) is 6.84. The van der Waals surface area contributed by atoms with Crippen molar-refractivity contribution >= 4 is 17.3 Å². The lowest BCUT2D eigenvalue weighted by atomic mass is 9.96. The molecule has 100 valence electrons. The van der Waals surface area contributed by atoms with Gasteiger partial charge in [0.15, 0.2) is 0 Å². The lowest BCUT2D eigenvalue weighted by Crippen LogP contribution is -2.29. The molecule has 0 bridgehead atoms. The number of hydrogen-bond donors (Lipinski definition) is 1. The van der Waals surface area contributed by atoms with Crippen LogP contribution >= 0.6 is 11.6 Å². The highest BCUT2D eigenvalue weighted by molar-refractivity contribution is 6.32. The van der Waals surface area contributed by atoms with Crippen molar-refractivity contribution in [2.75, 3.05) is 25.0 Å². The fourth-order valence-corrected chi connectivity index (χ4v) is 3.18. The van der Waals surface area contributed by atoms with E-state index in [1.54, 1.807) is 0 Å². The number of nitrogens with one attached hydrogen (secondary N) is 1. The Labute approximate surface area is 115 Å². The molecule has 0 radical (unpaired) electrons. The van der Waals surface area contributed by atoms with Crippen LogP contribution in [-0.4, -0.2) is 26.2 Å². The molecular formula is C15H23ClN2. The van der Waals surface area contributed by atoms with Crippen molar-refractivity contribution in [2.24, 2.45) is 0 Å². The molecule has 1 N–H and O–H groups in total. The largest absolute Gasteiger partial charge is 0.368 e. The highest BCUT2D eigenvalue weighted by Gasteiger charge is 2.31. The van der Waals surface area contributed by atoms with Gasteiger partial charge in [-0.25, -0.2) is 0 Å². The van der Waals surface area contributed by atoms with Crippen LogP contribution in [0.3, 0.4) is 0 Å². The molecule has 0 amide bonds. The molecule has 1 atom stereocenters. The number of benzene rings is 1. The molecule has 0 spiro atoms. The van der Waals surface area contributed by atoms with Gasteiger partial charge in [-0.2, -0.15) is 0 Å². The van der Waals surface area contributed by atoms with E-state index < -0.39 is 0 Å². The zero-order valence-electron chi connectivity index (χ0n) is 11.5. The van der Waals surface area contributed by atoms with E-state index in [0.29, 0.717) is 12.0 Å². The second-order valence-electron chi connectivity index (χ2n) is 5.36. The smallest absolute Gasteiger partial charge is 0.0462 e. The molecule has 2 nitrogen and oxygen atoms in total. The van der Waals surface area contributed by atoms with Gasteiger partial charge < -0.3 is 10.2 Å². The second-order valence-corrected chi connectivity index (χ2v) is 5.77. The van der Waals surface area contributed by atoms with Crippen LogP contribution in [0.1, 0.15) is 38.2 Å². The quantitative estimate of drug-likeness (QED) is 0.819. The number of rotatable bonds is 5. The van der Waals surface area contributed by atoms with Crippen molar-refractivity contribution in [2.45, 2.75) is 38.6 Å². The fourth-order valence-electron chi connectivity index (χ4n) is 2.86. The fraction of sp³-hybridized carbons (Fsp3) is 0.600. The monoisotopic (exact) mass is 266 g/mol. The first-order chi connectivity index (χ1) is 8.65. The summed E-state index contributed by atoms with van der Waals surface area (Å²) >= 11 is 6.40. The van der Waals surface area contributed by atoms with E-state index in [1.165, 1.54) is 24.1 Å². The van der Waals surface area contributed by atoms with Crippen LogP contribution in [-0.2, 0) is 0 Å². The number of anilines is 1. The summed E-state index contributed by atoms with van der Waals surface area (Å²) in [6.45, 7) is 6.69. The molecule has 0 aliphatic carbocycles. The summed E-state index contributed by atoms with van der Waals surface area (Å²) in [6, 6.07) is 6.83. The molecule has 1 unspecified atom stereocenters. The molecule has 1 aromatic carbocycles. The third-order valence-electron chi connectivity index (χ3n) is 3.77. The van der Waals surface area contributed by atoms with E-state index >= 15 is 0 Å². The molecule has 0 saturated heterocycles. The summed E-state index contributed by atoms with van der Waals surface area (Å²) in [5.41, 5.74) is 2.70. The lowest BCUT2D eigenvalue weighted by Gasteiger charge is -2.24. The van der Waals surface area contributed by atoms with Crippen molar-refractivity contribution in [3.63, 3.8) is 0 Å². The summed E-state index contributed by atoms with van der Waals surface area (Å²) in [7, 11) is 2.01. The Kier molecular flexibility index (Phi) is 4.52. The Hall–Kier alpha value is -0.730. The van der Waals surface area contributed by atoms with E-state index in [0.717, 1.165) is 18.1 Å². The van der Waals surface area contributed by atoms with Crippen LogP contribution in [0.5, 0.6) is 0 Å². The Morgan fingerprint density at radius 3 is 2.89 bits per heavy atom. The minimum Gasteiger partial charge on any atom is -0.368 e. The number of fused-ring (bicyclic) bond motifs is 1. The van der Waals surface area contributed by atoms with E-state index in [4.69, 9.17) is 11.6 Å². The van der Waals surface area contributed by atoms with Crippen molar-refractivity contribution in [3.05, 3.63) is 28.8 Å². The van der Waals surface area contributed by atoms with Crippen LogP contribution < -0.4 is 10.2 Å². The van der Waals surface area contributed by atoms with E-state index in [1.807, 2.05) is 13.1 Å². The molecule has 0 saturated carbocycles. The zero-order valence-corrected chi connectivity index (χ0v) is 12.3. The predicted octanol–water partition coefficient (Wildman–Crippen LogP) is 3.65. The SMILES string of the molecule is CNCCCC1CN(C(C)C)c2cccc(Cl)c21. The molecule has 0 fully saturated rings. The summed E-state index contributed by atoms with van der Waals surface area (Å²) in [4.78, 5) is 2.48. The number of halogens is 1. The second kappa shape index (κ2) is 5.94. The minimum absolute atomic E-state index is 0.538. The van der Waals surface area contributed by atoms with E-state index in [-0.39, 0.29) is 0 Å². The van der Waals surface area contributed by atoms with Crippen molar-refractivity contribution in [3.8, 4) is 0 Å². The van der Waals surface area contributed by atoms with Crippen LogP contribution in [0.25, 0.3) is 0 Å². The van der Waals surface area contributed by atoms with Crippen molar-refractivity contribution in [1.29, 1.82) is 0 Å². The maximum atomic E-state index is 6.40. The van der Waals surface area contributed by atoms with Gasteiger partial charge in [0.25, 0.3) is 0 Å². The number of hydrogen-bond acceptors (Lipinski definition) is 2. The van der Waals surface area contributed by atoms with Gasteiger partial charge in [-0.1, -0.05) is 17.7 Å². The average Bonchev–Trinajstić information content (AvgIpc) is 2.70. The molecule has 1 heterocycles. The zero-order chi connectivity index (χ0) is 13.1. The average molecular weight is 267 g/mol. The third kappa shape index (κ3) is 2.65. The maximum Gasteiger partial charge on any atom is 0.0462 e. The molecule has 18 heavy (non-hydrogen) atoms. The van der Waals surface area contributed by atoms with Gasteiger partial charge in [0.05, 0.1) is 0 Å². The summed E-state index contributed by atoms with van der Waals surface area (Å²) in [5, 5.41) is 4.15. The lowest BCUT2D eigenvalue weighted by molar-refractivity contribution is 0.571. The Bertz CT molecular complexity index is 403. The summed E-state index contributed by atoms with van der Waals surface area (Å²) < 4.78 is 0. The van der Waals surface area contributed by atoms with Gasteiger partial charge in [-0.05, 0) is 58.0 Å². The topological polar surface area (TPSA) is 15.3 Å². The Morgan fingerprint density at radius 1 is 1.44 bits per heavy atom. The van der Waals surface area contributed by atoms with Crippen LogP contribution in [0, 0.1) is 0 Å². The summed E-state index contributed by atoms with van der Waals surface area (Å²) in [5.74, 6) is 0.587. The molecule has 2 rings (SSSR count). The minimum atomic E-state index is 0.538. The van der Waals surface area contributed by atoms with Crippen LogP contribution in [0.15, 0.2) is 18.2 Å². The van der Waals surface area contributed by atoms with Crippen molar-refractivity contribution < 1.29 is 0 Å². The van der Waals surface area contributed by atoms with Crippen LogP contribution in [0.4, 0.5) is 5.69 Å². The Morgan fingerprint density at radius 2 is 2.22 bits per heavy atom. The Balaban J connectivity index is 2.21. The van der Waals surface area contributed by atoms with Crippen LogP contribution in [0.2, 0.25) is 5.02 Å². The molecule has 3 heteroatoms. The first kappa shape index (κ1) is 13.7. The normalized spacial score (nSPS) is 18.5. The number of nitrogens with zero attached hydrogens (tertiary/aromatic N) is 1. The molecule has 0 aromatic heterocycles. The highest BCUT2D eigenvalue weighted by Crippen LogP contribution is 2.43. The third-order valence-corrected chi connectivity index (χ3v) is 4.10. The van der Waals surface area contributed by atoms with Gasteiger partial charge in [-0.15, -0.1) is 0 Å². The van der Waals surface area contributed by atoms with Gasteiger partial charge >= 0.3 is 0 Å². The first-order valence-corrected chi connectivity index (χ1v) is 7.22. The van der Waals surface area contributed by atoms with E-state index in [9.17, 15) is 0 Å². The maximum absolute atomic E-state index is 6.40. The standard InChI is InChI=1S/C15H23ClN2/c1-11(2)18-10-12(6-5-9-17-3)15-13(16)7-4-8-14(15)18/h4,7-8,11-12,17H,5-6,9-10H2,1-3H3. The molecule has 1 aliphatic rings. The van der Waals surface area contributed by atoms with Crippen molar-refractivity contribution in [1.82, 2.24) is 5.32 Å². The van der Waals surface area contributed by atoms with Gasteiger partial charge in [0.1, 0.15) is 0 Å². The summed E-state index contributed by atoms with van der Waals surface area (Å²) in [6.07, 6.45) is 2.42. The van der Waals surface area contributed by atoms with Gasteiger partial charge in [0, 0.05) is 29.2 Å². The van der Waals surface area contributed by atoms with E-state index in [2.05, 4.69) is 36.2 Å². The van der Waals surface area contributed by atoms with Gasteiger partial charge in [-0.3, -0.25) is 0 Å². The van der Waals surface area contributed by atoms with Gasteiger partial charge in [0.2, 0.25) is 0 Å². The molecule has 1 aromatic rings. The predicted molar refractivity (Wildman–Crippen MR) is 79.8 cm³/mol. The highest BCUT2D eigenvalue weighted by atomic mass is 35.5. The molecule has 1 aliphatic heterocycles.